The molecule has 0 aliphatic rings. The molecule has 8 heteroatoms. The molecule has 0 aliphatic heterocycles. The highest BCUT2D eigenvalue weighted by atomic mass is 35.5. The number of nitrogens with one attached hydrogen (secondary N) is 1. The topological polar surface area (TPSA) is 89.9 Å². The van der Waals surface area contributed by atoms with Crippen LogP contribution in [-0.4, -0.2) is 30.2 Å². The Hall–Kier alpha value is -5.01. The van der Waals surface area contributed by atoms with Crippen LogP contribution >= 0.6 is 11.6 Å². The number of methoxy groups -OCH3 is 1. The Morgan fingerprint density at radius 1 is 0.846 bits per heavy atom. The fourth-order valence-electron chi connectivity index (χ4n) is 3.91. The number of fused-ring (bicyclic) bond motifs is 1. The summed E-state index contributed by atoms with van der Waals surface area (Å²) in [6, 6.07) is 30.1. The molecule has 5 rings (SSSR count). The lowest BCUT2D eigenvalue weighted by Crippen LogP contribution is -2.18. The number of halogens is 1. The second-order valence-electron chi connectivity index (χ2n) is 8.44. The van der Waals surface area contributed by atoms with Gasteiger partial charge in [-0.3, -0.25) is 4.79 Å². The van der Waals surface area contributed by atoms with Gasteiger partial charge in [0, 0.05) is 10.9 Å². The quantitative estimate of drug-likeness (QED) is 0.110. The van der Waals surface area contributed by atoms with Gasteiger partial charge in [-0.25, -0.2) is 15.2 Å². The highest BCUT2D eigenvalue weighted by Gasteiger charge is 2.15. The van der Waals surface area contributed by atoms with E-state index in [4.69, 9.17) is 26.1 Å². The van der Waals surface area contributed by atoms with Gasteiger partial charge in [0.2, 0.25) is 0 Å². The van der Waals surface area contributed by atoms with Crippen molar-refractivity contribution in [3.8, 4) is 22.8 Å². The number of amides is 1. The van der Waals surface area contributed by atoms with Gasteiger partial charge < -0.3 is 9.47 Å². The van der Waals surface area contributed by atoms with E-state index in [0.29, 0.717) is 44.2 Å². The van der Waals surface area contributed by atoms with Crippen LogP contribution < -0.4 is 14.9 Å². The molecule has 1 heterocycles. The molecular formula is C31H22ClN3O4. The van der Waals surface area contributed by atoms with E-state index in [1.807, 2.05) is 36.4 Å². The number of esters is 1. The van der Waals surface area contributed by atoms with Gasteiger partial charge in [0.25, 0.3) is 5.91 Å². The minimum atomic E-state index is -0.551. The Bertz CT molecular complexity index is 1690. The smallest absolute Gasteiger partial charge is 0.345 e. The van der Waals surface area contributed by atoms with Crippen LogP contribution in [0.4, 0.5) is 0 Å². The second kappa shape index (κ2) is 11.6. The number of hydrazone groups is 1. The van der Waals surface area contributed by atoms with Gasteiger partial charge in [-0.1, -0.05) is 54.1 Å². The van der Waals surface area contributed by atoms with Crippen molar-refractivity contribution in [2.45, 2.75) is 0 Å². The lowest BCUT2D eigenvalue weighted by Gasteiger charge is -2.10. The molecule has 39 heavy (non-hydrogen) atoms. The van der Waals surface area contributed by atoms with E-state index < -0.39 is 11.9 Å². The molecule has 0 fully saturated rings. The number of hydrogen-bond donors (Lipinski definition) is 1. The first-order chi connectivity index (χ1) is 19.0. The molecule has 0 saturated carbocycles. The first-order valence-electron chi connectivity index (χ1n) is 12.0. The van der Waals surface area contributed by atoms with Crippen LogP contribution in [0.25, 0.3) is 22.2 Å². The number of aromatic nitrogens is 1. The van der Waals surface area contributed by atoms with Crippen molar-refractivity contribution in [2.24, 2.45) is 5.10 Å². The highest BCUT2D eigenvalue weighted by molar-refractivity contribution is 6.33. The molecule has 4 aromatic carbocycles. The fraction of sp³-hybridized carbons (Fsp3) is 0.0323. The lowest BCUT2D eigenvalue weighted by molar-refractivity contribution is 0.0734. The summed E-state index contributed by atoms with van der Waals surface area (Å²) in [5.41, 5.74) is 6.20. The van der Waals surface area contributed by atoms with Gasteiger partial charge >= 0.3 is 5.97 Å². The van der Waals surface area contributed by atoms with E-state index in [2.05, 4.69) is 10.5 Å². The maximum atomic E-state index is 13.2. The van der Waals surface area contributed by atoms with Crippen molar-refractivity contribution in [2.75, 3.05) is 7.11 Å². The summed E-state index contributed by atoms with van der Waals surface area (Å²) >= 11 is 6.06. The summed E-state index contributed by atoms with van der Waals surface area (Å²) < 4.78 is 10.7. The predicted molar refractivity (Wildman–Crippen MR) is 152 cm³/mol. The second-order valence-corrected chi connectivity index (χ2v) is 8.85. The van der Waals surface area contributed by atoms with Crippen LogP contribution in [0.5, 0.6) is 11.5 Å². The third kappa shape index (κ3) is 5.95. The fourth-order valence-corrected chi connectivity index (χ4v) is 4.13. The Kier molecular flexibility index (Phi) is 7.61. The minimum Gasteiger partial charge on any atom is -0.497 e. The molecule has 7 nitrogen and oxygen atoms in total. The molecule has 1 N–H and O–H groups in total. The van der Waals surface area contributed by atoms with Crippen LogP contribution in [0.1, 0.15) is 26.3 Å². The third-order valence-corrected chi connectivity index (χ3v) is 6.22. The normalized spacial score (nSPS) is 10.9. The molecule has 5 aromatic rings. The van der Waals surface area contributed by atoms with E-state index in [0.717, 1.165) is 5.56 Å². The van der Waals surface area contributed by atoms with Crippen LogP contribution in [0.15, 0.2) is 108 Å². The molecule has 1 aromatic heterocycles. The molecular weight excluding hydrogens is 514 g/mol. The summed E-state index contributed by atoms with van der Waals surface area (Å²) in [5, 5.41) is 5.08. The average Bonchev–Trinajstić information content (AvgIpc) is 2.97. The summed E-state index contributed by atoms with van der Waals surface area (Å²) in [7, 11) is 1.57. The lowest BCUT2D eigenvalue weighted by atomic mass is 10.0. The number of rotatable bonds is 7. The monoisotopic (exact) mass is 535 g/mol. The van der Waals surface area contributed by atoms with Crippen molar-refractivity contribution in [3.05, 3.63) is 125 Å². The Labute approximate surface area is 229 Å². The molecule has 0 spiro atoms. The van der Waals surface area contributed by atoms with Crippen molar-refractivity contribution in [1.29, 1.82) is 0 Å². The van der Waals surface area contributed by atoms with Gasteiger partial charge in [-0.05, 0) is 66.2 Å². The predicted octanol–water partition coefficient (Wildman–Crippen LogP) is 6.55. The molecule has 0 atom stereocenters. The Balaban J connectivity index is 1.32. The van der Waals surface area contributed by atoms with Crippen molar-refractivity contribution in [3.63, 3.8) is 0 Å². The summed E-state index contributed by atoms with van der Waals surface area (Å²) in [6.45, 7) is 0. The number of pyridine rings is 1. The third-order valence-electron chi connectivity index (χ3n) is 5.89. The molecule has 0 bridgehead atoms. The molecule has 0 unspecified atom stereocenters. The largest absolute Gasteiger partial charge is 0.497 e. The molecule has 0 aliphatic carbocycles. The zero-order valence-electron chi connectivity index (χ0n) is 20.8. The van der Waals surface area contributed by atoms with Gasteiger partial charge in [0.15, 0.2) is 0 Å². The van der Waals surface area contributed by atoms with Crippen LogP contribution in [0, 0.1) is 0 Å². The molecule has 192 valence electrons. The first-order valence-corrected chi connectivity index (χ1v) is 12.3. The highest BCUT2D eigenvalue weighted by Crippen LogP contribution is 2.28. The zero-order chi connectivity index (χ0) is 27.2. The summed E-state index contributed by atoms with van der Waals surface area (Å²) in [5.74, 6) is 0.0242. The van der Waals surface area contributed by atoms with Crippen LogP contribution in [-0.2, 0) is 0 Å². The molecule has 0 saturated heterocycles. The number of ether oxygens (including phenoxy) is 2. The van der Waals surface area contributed by atoms with E-state index in [9.17, 15) is 9.59 Å². The number of hydrogen-bond acceptors (Lipinski definition) is 6. The number of nitrogens with zero attached hydrogens (tertiary/aromatic N) is 2. The molecule has 1 amide bonds. The SMILES string of the molecule is COc1ccc2nc(-c3ccccc3)cc(C(=O)NN=Cc3ccc(OC(=O)c4ccccc4Cl)cc3)c2c1. The first kappa shape index (κ1) is 25.6. The maximum Gasteiger partial charge on any atom is 0.345 e. The van der Waals surface area contributed by atoms with Crippen molar-refractivity contribution >= 4 is 40.6 Å². The van der Waals surface area contributed by atoms with E-state index in [-0.39, 0.29) is 5.56 Å². The minimum absolute atomic E-state index is 0.282. The number of benzene rings is 4. The van der Waals surface area contributed by atoms with E-state index in [1.54, 1.807) is 73.8 Å². The van der Waals surface area contributed by atoms with Gasteiger partial charge in [-0.15, -0.1) is 0 Å². The Morgan fingerprint density at radius 2 is 1.56 bits per heavy atom. The zero-order valence-corrected chi connectivity index (χ0v) is 21.6. The van der Waals surface area contributed by atoms with Crippen LogP contribution in [0.3, 0.4) is 0 Å². The summed E-state index contributed by atoms with van der Waals surface area (Å²) in [6.07, 6.45) is 1.50. The maximum absolute atomic E-state index is 13.2. The van der Waals surface area contributed by atoms with Crippen LogP contribution in [0.2, 0.25) is 5.02 Å². The van der Waals surface area contributed by atoms with Gasteiger partial charge in [0.1, 0.15) is 11.5 Å². The average molecular weight is 536 g/mol. The standard InChI is InChI=1S/C31H22ClN3O4/c1-38-23-15-16-28-25(17-23)26(18-29(34-28)21-7-3-2-4-8-21)30(36)35-33-19-20-11-13-22(14-12-20)39-31(37)24-9-5-6-10-27(24)32/h2-19H,1H3,(H,35,36). The number of carbonyl (C=O) groups is 2. The van der Waals surface area contributed by atoms with E-state index >= 15 is 0 Å². The summed E-state index contributed by atoms with van der Waals surface area (Å²) in [4.78, 5) is 30.3. The molecule has 0 radical (unpaired) electrons. The van der Waals surface area contributed by atoms with E-state index in [1.165, 1.54) is 6.21 Å². The van der Waals surface area contributed by atoms with Gasteiger partial charge in [0.05, 0.1) is 40.7 Å². The van der Waals surface area contributed by atoms with Crippen molar-refractivity contribution in [1.82, 2.24) is 10.4 Å². The van der Waals surface area contributed by atoms with Gasteiger partial charge in [-0.2, -0.15) is 5.10 Å². The van der Waals surface area contributed by atoms with Crippen molar-refractivity contribution < 1.29 is 19.1 Å². The number of carbonyl (C=O) groups excluding carboxylic acids is 2. The Morgan fingerprint density at radius 3 is 2.31 bits per heavy atom.